The van der Waals surface area contributed by atoms with Gasteiger partial charge in [0.25, 0.3) is 5.91 Å². The number of anilines is 1. The largest absolute Gasteiger partial charge is 0.399 e. The molecular weight excluding hydrogens is 255 g/mol. The second-order valence-electron chi connectivity index (χ2n) is 4.85. The number of halogens is 1. The fourth-order valence-corrected chi connectivity index (χ4v) is 2.10. The van der Waals surface area contributed by atoms with E-state index in [0.717, 1.165) is 5.56 Å². The summed E-state index contributed by atoms with van der Waals surface area (Å²) in [6.45, 7) is 3.78. The number of aryl methyl sites for hydroxylation is 2. The Morgan fingerprint density at radius 3 is 2.45 bits per heavy atom. The molecule has 0 spiro atoms. The van der Waals surface area contributed by atoms with Gasteiger partial charge in [-0.15, -0.1) is 0 Å². The zero-order valence-electron chi connectivity index (χ0n) is 11.5. The molecule has 0 atom stereocenters. The first-order valence-electron chi connectivity index (χ1n) is 6.36. The van der Waals surface area contributed by atoms with Gasteiger partial charge >= 0.3 is 0 Å². The van der Waals surface area contributed by atoms with E-state index in [4.69, 9.17) is 5.73 Å². The Hall–Kier alpha value is -2.36. The van der Waals surface area contributed by atoms with Crippen molar-refractivity contribution in [1.82, 2.24) is 5.32 Å². The molecule has 0 radical (unpaired) electrons. The van der Waals surface area contributed by atoms with Gasteiger partial charge in [-0.2, -0.15) is 0 Å². The molecule has 20 heavy (non-hydrogen) atoms. The number of benzene rings is 2. The summed E-state index contributed by atoms with van der Waals surface area (Å²) in [4.78, 5) is 12.0. The van der Waals surface area contributed by atoms with E-state index in [-0.39, 0.29) is 11.7 Å². The van der Waals surface area contributed by atoms with Crippen molar-refractivity contribution in [2.24, 2.45) is 0 Å². The molecule has 0 heterocycles. The van der Waals surface area contributed by atoms with E-state index in [9.17, 15) is 9.18 Å². The van der Waals surface area contributed by atoms with Crippen LogP contribution in [0.2, 0.25) is 0 Å². The molecule has 0 aliphatic rings. The van der Waals surface area contributed by atoms with Crippen molar-refractivity contribution < 1.29 is 9.18 Å². The SMILES string of the molecule is Cc1cc(CNC(=O)c2cccc(N)c2)cc(C)c1F. The summed E-state index contributed by atoms with van der Waals surface area (Å²) in [5.74, 6) is -0.396. The van der Waals surface area contributed by atoms with Gasteiger partial charge in [-0.05, 0) is 48.7 Å². The van der Waals surface area contributed by atoms with Crippen LogP contribution in [0.4, 0.5) is 10.1 Å². The average Bonchev–Trinajstić information content (AvgIpc) is 2.42. The Morgan fingerprint density at radius 1 is 1.20 bits per heavy atom. The summed E-state index contributed by atoms with van der Waals surface area (Å²) in [7, 11) is 0. The lowest BCUT2D eigenvalue weighted by molar-refractivity contribution is 0.0951. The van der Waals surface area contributed by atoms with Crippen LogP contribution in [0.15, 0.2) is 36.4 Å². The third-order valence-corrected chi connectivity index (χ3v) is 3.10. The molecule has 0 aromatic heterocycles. The summed E-state index contributed by atoms with van der Waals surface area (Å²) < 4.78 is 13.5. The number of rotatable bonds is 3. The maximum absolute atomic E-state index is 13.5. The van der Waals surface area contributed by atoms with Crippen molar-refractivity contribution in [2.45, 2.75) is 20.4 Å². The molecule has 3 N–H and O–H groups in total. The highest BCUT2D eigenvalue weighted by Crippen LogP contribution is 2.15. The molecule has 0 aliphatic heterocycles. The van der Waals surface area contributed by atoms with Crippen molar-refractivity contribution in [3.63, 3.8) is 0 Å². The molecule has 0 saturated carbocycles. The first-order chi connectivity index (χ1) is 9.47. The van der Waals surface area contributed by atoms with Gasteiger partial charge in [0.1, 0.15) is 5.82 Å². The fraction of sp³-hybridized carbons (Fsp3) is 0.188. The van der Waals surface area contributed by atoms with Crippen molar-refractivity contribution in [3.8, 4) is 0 Å². The minimum absolute atomic E-state index is 0.197. The summed E-state index contributed by atoms with van der Waals surface area (Å²) in [5, 5.41) is 2.80. The molecule has 0 unspecified atom stereocenters. The van der Waals surface area contributed by atoms with E-state index in [0.29, 0.717) is 28.9 Å². The molecule has 2 aromatic carbocycles. The van der Waals surface area contributed by atoms with Crippen LogP contribution in [-0.2, 0) is 6.54 Å². The molecule has 0 saturated heterocycles. The third-order valence-electron chi connectivity index (χ3n) is 3.10. The molecule has 3 nitrogen and oxygen atoms in total. The smallest absolute Gasteiger partial charge is 0.251 e. The number of nitrogens with one attached hydrogen (secondary N) is 1. The van der Waals surface area contributed by atoms with E-state index >= 15 is 0 Å². The molecule has 4 heteroatoms. The maximum Gasteiger partial charge on any atom is 0.251 e. The lowest BCUT2D eigenvalue weighted by Crippen LogP contribution is -2.23. The van der Waals surface area contributed by atoms with Crippen LogP contribution in [0.1, 0.15) is 27.0 Å². The van der Waals surface area contributed by atoms with Crippen LogP contribution < -0.4 is 11.1 Å². The zero-order valence-corrected chi connectivity index (χ0v) is 11.5. The minimum Gasteiger partial charge on any atom is -0.399 e. The van der Waals surface area contributed by atoms with E-state index in [1.807, 2.05) is 0 Å². The Bertz CT molecular complexity index is 630. The molecule has 0 aliphatic carbocycles. The zero-order chi connectivity index (χ0) is 14.7. The highest BCUT2D eigenvalue weighted by molar-refractivity contribution is 5.94. The lowest BCUT2D eigenvalue weighted by atomic mass is 10.1. The average molecular weight is 272 g/mol. The summed E-state index contributed by atoms with van der Waals surface area (Å²) in [6, 6.07) is 10.3. The van der Waals surface area contributed by atoms with Crippen molar-refractivity contribution in [3.05, 3.63) is 64.5 Å². The predicted molar refractivity (Wildman–Crippen MR) is 77.9 cm³/mol. The highest BCUT2D eigenvalue weighted by Gasteiger charge is 2.07. The molecule has 0 bridgehead atoms. The highest BCUT2D eigenvalue weighted by atomic mass is 19.1. The Labute approximate surface area is 117 Å². The Morgan fingerprint density at radius 2 is 1.85 bits per heavy atom. The number of carbonyl (C=O) groups excluding carboxylic acids is 1. The van der Waals surface area contributed by atoms with Crippen LogP contribution in [0.3, 0.4) is 0 Å². The second kappa shape index (κ2) is 5.74. The fourth-order valence-electron chi connectivity index (χ4n) is 2.10. The molecule has 1 amide bonds. The van der Waals surface area contributed by atoms with E-state index in [1.165, 1.54) is 0 Å². The van der Waals surface area contributed by atoms with Crippen LogP contribution in [0.5, 0.6) is 0 Å². The number of amides is 1. The number of carbonyl (C=O) groups is 1. The first kappa shape index (κ1) is 14.1. The van der Waals surface area contributed by atoms with Crippen LogP contribution >= 0.6 is 0 Å². The van der Waals surface area contributed by atoms with E-state index in [1.54, 1.807) is 50.2 Å². The van der Waals surface area contributed by atoms with Crippen LogP contribution in [0.25, 0.3) is 0 Å². The van der Waals surface area contributed by atoms with Gasteiger partial charge in [0.15, 0.2) is 0 Å². The van der Waals surface area contributed by atoms with E-state index < -0.39 is 0 Å². The number of nitrogen functional groups attached to an aromatic ring is 1. The van der Waals surface area contributed by atoms with Crippen molar-refractivity contribution in [1.29, 1.82) is 0 Å². The van der Waals surface area contributed by atoms with Gasteiger partial charge in [0, 0.05) is 17.8 Å². The van der Waals surface area contributed by atoms with Gasteiger partial charge in [0.2, 0.25) is 0 Å². The minimum atomic E-state index is -0.198. The van der Waals surface area contributed by atoms with Gasteiger partial charge in [-0.25, -0.2) is 4.39 Å². The lowest BCUT2D eigenvalue weighted by Gasteiger charge is -2.09. The monoisotopic (exact) mass is 272 g/mol. The molecular formula is C16H17FN2O. The molecule has 104 valence electrons. The first-order valence-corrected chi connectivity index (χ1v) is 6.36. The maximum atomic E-state index is 13.5. The van der Waals surface area contributed by atoms with Gasteiger partial charge in [-0.3, -0.25) is 4.79 Å². The Balaban J connectivity index is 2.07. The number of hydrogen-bond acceptors (Lipinski definition) is 2. The van der Waals surface area contributed by atoms with Crippen molar-refractivity contribution >= 4 is 11.6 Å². The normalized spacial score (nSPS) is 10.3. The topological polar surface area (TPSA) is 55.1 Å². The van der Waals surface area contributed by atoms with Crippen LogP contribution in [0, 0.1) is 19.7 Å². The standard InChI is InChI=1S/C16H17FN2O/c1-10-6-12(7-11(2)15(10)17)9-19-16(20)13-4-3-5-14(18)8-13/h3-8H,9,18H2,1-2H3,(H,19,20). The number of nitrogens with two attached hydrogens (primary N) is 1. The summed E-state index contributed by atoms with van der Waals surface area (Å²) >= 11 is 0. The molecule has 2 rings (SSSR count). The summed E-state index contributed by atoms with van der Waals surface area (Å²) in [5.41, 5.74) is 8.74. The van der Waals surface area contributed by atoms with Crippen LogP contribution in [-0.4, -0.2) is 5.91 Å². The second-order valence-corrected chi connectivity index (χ2v) is 4.85. The number of hydrogen-bond donors (Lipinski definition) is 2. The predicted octanol–water partition coefficient (Wildman–Crippen LogP) is 2.95. The van der Waals surface area contributed by atoms with Gasteiger partial charge < -0.3 is 11.1 Å². The summed E-state index contributed by atoms with van der Waals surface area (Å²) in [6.07, 6.45) is 0. The quantitative estimate of drug-likeness (QED) is 0.844. The van der Waals surface area contributed by atoms with Gasteiger partial charge in [0.05, 0.1) is 0 Å². The van der Waals surface area contributed by atoms with E-state index in [2.05, 4.69) is 5.32 Å². The third kappa shape index (κ3) is 3.15. The van der Waals surface area contributed by atoms with Gasteiger partial charge in [-0.1, -0.05) is 18.2 Å². The molecule has 0 fully saturated rings. The molecule has 2 aromatic rings. The Kier molecular flexibility index (Phi) is 4.03. The van der Waals surface area contributed by atoms with Crippen molar-refractivity contribution in [2.75, 3.05) is 5.73 Å².